The number of rotatable bonds is 5. The van der Waals surface area contributed by atoms with Crippen LogP contribution in [0, 0.1) is 11.2 Å². The van der Waals surface area contributed by atoms with E-state index in [2.05, 4.69) is 28.4 Å². The molecule has 2 saturated heterocycles. The Hall–Kier alpha value is -2.24. The summed E-state index contributed by atoms with van der Waals surface area (Å²) in [6.07, 6.45) is 9.46. The van der Waals surface area contributed by atoms with Gasteiger partial charge in [0.2, 0.25) is 0 Å². The third-order valence-corrected chi connectivity index (χ3v) is 8.94. The summed E-state index contributed by atoms with van der Waals surface area (Å²) in [5, 5.41) is 3.47. The summed E-state index contributed by atoms with van der Waals surface area (Å²) in [4.78, 5) is 16.4. The molecule has 6 rings (SSSR count). The predicted octanol–water partition coefficient (Wildman–Crippen LogP) is 5.11. The molecule has 1 N–H and O–H groups in total. The zero-order valence-electron chi connectivity index (χ0n) is 19.9. The molecule has 0 amide bonds. The minimum absolute atomic E-state index is 0.0637. The van der Waals surface area contributed by atoms with E-state index in [4.69, 9.17) is 4.74 Å². The Labute approximate surface area is 201 Å². The van der Waals surface area contributed by atoms with Crippen molar-refractivity contribution in [3.05, 3.63) is 65.0 Å². The van der Waals surface area contributed by atoms with E-state index < -0.39 is 0 Å². The molecule has 0 radical (unpaired) electrons. The van der Waals surface area contributed by atoms with Crippen molar-refractivity contribution in [2.45, 2.75) is 69.4 Å². The smallest absolute Gasteiger partial charge is 0.170 e. The topological polar surface area (TPSA) is 41.6 Å². The Morgan fingerprint density at radius 1 is 1.00 bits per heavy atom. The first-order valence-corrected chi connectivity index (χ1v) is 13.2. The highest BCUT2D eigenvalue weighted by Crippen LogP contribution is 2.54. The van der Waals surface area contributed by atoms with E-state index in [9.17, 15) is 9.18 Å². The lowest BCUT2D eigenvalue weighted by Crippen LogP contribution is -2.46. The fraction of sp³-hybridized carbons (Fsp3) is 0.552. The number of halogens is 1. The number of nitrogens with one attached hydrogen (secondary N) is 1. The van der Waals surface area contributed by atoms with Gasteiger partial charge in [0, 0.05) is 24.7 Å². The molecule has 2 aliphatic carbocycles. The van der Waals surface area contributed by atoms with E-state index in [0.717, 1.165) is 75.6 Å². The standard InChI is InChI=1S/C29H35FN2O2/c30-22-6-4-20(5-7-22)28(33)27-26-9-8-25(18-21(26)19-29(27)12-14-31-15-13-29)34-24-10-16-32(17-11-24)23-2-1-3-23/h4-9,18,23-24,27,31H,1-3,10-17,19H2/t27-/m1/s1. The molecule has 34 heavy (non-hydrogen) atoms. The Morgan fingerprint density at radius 2 is 1.74 bits per heavy atom. The van der Waals surface area contributed by atoms with Gasteiger partial charge in [0.25, 0.3) is 0 Å². The van der Waals surface area contributed by atoms with Gasteiger partial charge in [-0.05, 0) is 111 Å². The first-order valence-electron chi connectivity index (χ1n) is 13.2. The quantitative estimate of drug-likeness (QED) is 0.627. The van der Waals surface area contributed by atoms with Crippen molar-refractivity contribution in [1.82, 2.24) is 10.2 Å². The van der Waals surface area contributed by atoms with Crippen molar-refractivity contribution in [2.75, 3.05) is 26.2 Å². The highest BCUT2D eigenvalue weighted by molar-refractivity contribution is 6.02. The SMILES string of the molecule is O=C(c1ccc(F)cc1)[C@H]1c2ccc(OC3CCN(C4CCC4)CC3)cc2CC12CCNCC2. The van der Waals surface area contributed by atoms with Gasteiger partial charge in [-0.25, -0.2) is 4.39 Å². The number of ether oxygens (including phenoxy) is 1. The fourth-order valence-corrected chi connectivity index (χ4v) is 6.79. The lowest BCUT2D eigenvalue weighted by molar-refractivity contribution is 0.0493. The van der Waals surface area contributed by atoms with Crippen LogP contribution in [0.3, 0.4) is 0 Å². The van der Waals surface area contributed by atoms with Crippen LogP contribution in [0.4, 0.5) is 4.39 Å². The second kappa shape index (κ2) is 9.09. The molecule has 4 nitrogen and oxygen atoms in total. The zero-order valence-corrected chi connectivity index (χ0v) is 19.9. The minimum atomic E-state index is -0.305. The van der Waals surface area contributed by atoms with E-state index in [1.165, 1.54) is 37.0 Å². The van der Waals surface area contributed by atoms with Crippen LogP contribution in [0.2, 0.25) is 0 Å². The second-order valence-corrected chi connectivity index (χ2v) is 10.9. The maximum Gasteiger partial charge on any atom is 0.170 e. The number of benzene rings is 2. The number of fused-ring (bicyclic) bond motifs is 1. The molecule has 2 aliphatic heterocycles. The summed E-state index contributed by atoms with van der Waals surface area (Å²) in [7, 11) is 0. The van der Waals surface area contributed by atoms with Gasteiger partial charge in [0.15, 0.2) is 5.78 Å². The lowest BCUT2D eigenvalue weighted by Gasteiger charge is -2.41. The number of nitrogens with zero attached hydrogens (tertiary/aromatic N) is 1. The number of likely N-dealkylation sites (tertiary alicyclic amines) is 1. The fourth-order valence-electron chi connectivity index (χ4n) is 6.79. The van der Waals surface area contributed by atoms with Crippen LogP contribution >= 0.6 is 0 Å². The number of hydrogen-bond acceptors (Lipinski definition) is 4. The van der Waals surface area contributed by atoms with E-state index in [-0.39, 0.29) is 29.0 Å². The monoisotopic (exact) mass is 462 g/mol. The van der Waals surface area contributed by atoms with Crippen molar-refractivity contribution in [2.24, 2.45) is 5.41 Å². The second-order valence-electron chi connectivity index (χ2n) is 10.9. The highest BCUT2D eigenvalue weighted by atomic mass is 19.1. The van der Waals surface area contributed by atoms with Crippen molar-refractivity contribution in [1.29, 1.82) is 0 Å². The van der Waals surface area contributed by atoms with E-state index in [1.807, 2.05) is 0 Å². The molecule has 1 atom stereocenters. The molecular weight excluding hydrogens is 427 g/mol. The van der Waals surface area contributed by atoms with Gasteiger partial charge < -0.3 is 15.0 Å². The molecule has 3 fully saturated rings. The first-order chi connectivity index (χ1) is 16.6. The van der Waals surface area contributed by atoms with Crippen molar-refractivity contribution in [3.63, 3.8) is 0 Å². The summed E-state index contributed by atoms with van der Waals surface area (Å²) in [6.45, 7) is 4.16. The normalized spacial score (nSPS) is 25.1. The number of carbonyl (C=O) groups excluding carboxylic acids is 1. The molecule has 0 aromatic heterocycles. The van der Waals surface area contributed by atoms with Crippen LogP contribution in [0.25, 0.3) is 0 Å². The Bertz CT molecular complexity index is 1030. The molecular formula is C29H35FN2O2. The van der Waals surface area contributed by atoms with Crippen LogP contribution < -0.4 is 10.1 Å². The van der Waals surface area contributed by atoms with Crippen LogP contribution in [0.15, 0.2) is 42.5 Å². The van der Waals surface area contributed by atoms with Crippen LogP contribution in [0.5, 0.6) is 5.75 Å². The summed E-state index contributed by atoms with van der Waals surface area (Å²) in [6, 6.07) is 13.3. The molecule has 5 heteroatoms. The third kappa shape index (κ3) is 4.07. The summed E-state index contributed by atoms with van der Waals surface area (Å²) >= 11 is 0. The average Bonchev–Trinajstić information content (AvgIpc) is 3.11. The molecule has 2 aromatic carbocycles. The number of carbonyl (C=O) groups is 1. The van der Waals surface area contributed by atoms with Gasteiger partial charge in [0.05, 0.1) is 5.92 Å². The van der Waals surface area contributed by atoms with E-state index in [0.29, 0.717) is 5.56 Å². The van der Waals surface area contributed by atoms with Crippen LogP contribution in [0.1, 0.15) is 72.3 Å². The zero-order chi connectivity index (χ0) is 23.1. The van der Waals surface area contributed by atoms with Gasteiger partial charge >= 0.3 is 0 Å². The Balaban J connectivity index is 1.22. The molecule has 180 valence electrons. The summed E-state index contributed by atoms with van der Waals surface area (Å²) < 4.78 is 20.0. The van der Waals surface area contributed by atoms with Crippen molar-refractivity contribution < 1.29 is 13.9 Å². The molecule has 2 aromatic rings. The molecule has 4 aliphatic rings. The van der Waals surface area contributed by atoms with Gasteiger partial charge in [-0.1, -0.05) is 12.5 Å². The number of Topliss-reactive ketones (excluding diaryl/α,β-unsaturated/α-hetero) is 1. The maximum absolute atomic E-state index is 13.7. The van der Waals surface area contributed by atoms with Gasteiger partial charge in [-0.2, -0.15) is 0 Å². The molecule has 0 unspecified atom stereocenters. The highest BCUT2D eigenvalue weighted by Gasteiger charge is 2.50. The average molecular weight is 463 g/mol. The number of hydrogen-bond donors (Lipinski definition) is 1. The minimum Gasteiger partial charge on any atom is -0.490 e. The summed E-state index contributed by atoms with van der Waals surface area (Å²) in [5.74, 6) is 0.590. The van der Waals surface area contributed by atoms with Crippen molar-refractivity contribution in [3.8, 4) is 5.75 Å². The van der Waals surface area contributed by atoms with Gasteiger partial charge in [-0.15, -0.1) is 0 Å². The van der Waals surface area contributed by atoms with Crippen molar-refractivity contribution >= 4 is 5.78 Å². The molecule has 1 spiro atoms. The predicted molar refractivity (Wildman–Crippen MR) is 131 cm³/mol. The van der Waals surface area contributed by atoms with Gasteiger partial charge in [-0.3, -0.25) is 4.79 Å². The van der Waals surface area contributed by atoms with Crippen LogP contribution in [-0.2, 0) is 6.42 Å². The van der Waals surface area contributed by atoms with Crippen LogP contribution in [-0.4, -0.2) is 49.0 Å². The Morgan fingerprint density at radius 3 is 2.41 bits per heavy atom. The maximum atomic E-state index is 13.7. The number of ketones is 1. The lowest BCUT2D eigenvalue weighted by atomic mass is 9.67. The Kier molecular flexibility index (Phi) is 5.94. The van der Waals surface area contributed by atoms with E-state index in [1.54, 1.807) is 12.1 Å². The first kappa shape index (κ1) is 22.2. The third-order valence-electron chi connectivity index (χ3n) is 8.94. The van der Waals surface area contributed by atoms with Gasteiger partial charge in [0.1, 0.15) is 17.7 Å². The largest absolute Gasteiger partial charge is 0.490 e. The summed E-state index contributed by atoms with van der Waals surface area (Å²) in [5.41, 5.74) is 2.94. The molecule has 1 saturated carbocycles. The molecule has 2 heterocycles. The number of piperidine rings is 2. The molecule has 0 bridgehead atoms. The van der Waals surface area contributed by atoms with E-state index >= 15 is 0 Å².